The molecule has 168 valence electrons. The molecule has 0 saturated carbocycles. The summed E-state index contributed by atoms with van der Waals surface area (Å²) in [6.45, 7) is 0. The number of nitrogens with zero attached hydrogens (tertiary/aromatic N) is 2. The molecule has 0 atom stereocenters. The van der Waals surface area contributed by atoms with Gasteiger partial charge in [-0.3, -0.25) is 4.31 Å². The van der Waals surface area contributed by atoms with Gasteiger partial charge in [-0.1, -0.05) is 42.5 Å². The van der Waals surface area contributed by atoms with Gasteiger partial charge in [-0.15, -0.1) is 0 Å². The zero-order valence-electron chi connectivity index (χ0n) is 18.3. The lowest BCUT2D eigenvalue weighted by atomic mass is 10.0. The number of ether oxygens (including phenoxy) is 1. The van der Waals surface area contributed by atoms with Crippen molar-refractivity contribution in [3.63, 3.8) is 0 Å². The second-order valence-corrected chi connectivity index (χ2v) is 9.40. The summed E-state index contributed by atoms with van der Waals surface area (Å²) in [5, 5.41) is 8.91. The molecule has 0 aromatic heterocycles. The summed E-state index contributed by atoms with van der Waals surface area (Å²) < 4.78 is 32.4. The van der Waals surface area contributed by atoms with E-state index in [0.29, 0.717) is 17.0 Å². The Balaban J connectivity index is 1.45. The molecule has 0 fully saturated rings. The van der Waals surface area contributed by atoms with Crippen LogP contribution in [0.15, 0.2) is 108 Å². The number of sulfonamides is 1. The van der Waals surface area contributed by atoms with Gasteiger partial charge in [0.2, 0.25) is 0 Å². The number of anilines is 1. The first-order chi connectivity index (χ1) is 16.4. The fourth-order valence-corrected chi connectivity index (χ4v) is 4.51. The van der Waals surface area contributed by atoms with Gasteiger partial charge in [-0.05, 0) is 71.8 Å². The van der Waals surface area contributed by atoms with E-state index in [9.17, 15) is 13.2 Å². The number of carbonyl (C=O) groups is 1. The number of benzene rings is 4. The van der Waals surface area contributed by atoms with Crippen LogP contribution >= 0.6 is 0 Å². The van der Waals surface area contributed by atoms with Crippen LogP contribution in [0, 0.1) is 11.3 Å². The molecule has 4 rings (SSSR count). The van der Waals surface area contributed by atoms with E-state index < -0.39 is 16.0 Å². The number of nitriles is 1. The molecule has 0 spiro atoms. The van der Waals surface area contributed by atoms with Crippen LogP contribution in [0.4, 0.5) is 5.69 Å². The molecule has 0 amide bonds. The average Bonchev–Trinajstić information content (AvgIpc) is 2.89. The van der Waals surface area contributed by atoms with E-state index in [-0.39, 0.29) is 10.5 Å². The van der Waals surface area contributed by atoms with E-state index in [2.05, 4.69) is 6.07 Å². The van der Waals surface area contributed by atoms with Gasteiger partial charge < -0.3 is 4.74 Å². The minimum atomic E-state index is -3.77. The molecule has 6 nitrogen and oxygen atoms in total. The van der Waals surface area contributed by atoms with E-state index >= 15 is 0 Å². The highest BCUT2D eigenvalue weighted by molar-refractivity contribution is 7.92. The van der Waals surface area contributed by atoms with Crippen molar-refractivity contribution in [2.24, 2.45) is 0 Å². The summed E-state index contributed by atoms with van der Waals surface area (Å²) in [7, 11) is -2.29. The van der Waals surface area contributed by atoms with E-state index in [1.165, 1.54) is 35.6 Å². The van der Waals surface area contributed by atoms with Crippen LogP contribution in [0.3, 0.4) is 0 Å². The molecular weight excluding hydrogens is 448 g/mol. The van der Waals surface area contributed by atoms with Crippen molar-refractivity contribution < 1.29 is 17.9 Å². The molecule has 0 bridgehead atoms. The van der Waals surface area contributed by atoms with Gasteiger partial charge >= 0.3 is 5.97 Å². The minimum Gasteiger partial charge on any atom is -0.423 e. The maximum Gasteiger partial charge on any atom is 0.343 e. The van der Waals surface area contributed by atoms with Crippen molar-refractivity contribution in [2.45, 2.75) is 4.90 Å². The van der Waals surface area contributed by atoms with Gasteiger partial charge in [0.25, 0.3) is 10.0 Å². The van der Waals surface area contributed by atoms with Crippen molar-refractivity contribution >= 4 is 21.7 Å². The molecule has 0 aliphatic carbocycles. The van der Waals surface area contributed by atoms with Crippen LogP contribution in [0.2, 0.25) is 0 Å². The average molecular weight is 469 g/mol. The number of rotatable bonds is 6. The van der Waals surface area contributed by atoms with Crippen molar-refractivity contribution in [1.29, 1.82) is 5.26 Å². The number of para-hydroxylation sites is 1. The highest BCUT2D eigenvalue weighted by Gasteiger charge is 2.21. The third-order valence-electron chi connectivity index (χ3n) is 5.28. The zero-order valence-corrected chi connectivity index (χ0v) is 19.1. The summed E-state index contributed by atoms with van der Waals surface area (Å²) in [5.74, 6) is -0.227. The highest BCUT2D eigenvalue weighted by Crippen LogP contribution is 2.25. The zero-order chi connectivity index (χ0) is 24.1. The molecule has 34 heavy (non-hydrogen) atoms. The lowest BCUT2D eigenvalue weighted by molar-refractivity contribution is 0.0734. The predicted molar refractivity (Wildman–Crippen MR) is 130 cm³/mol. The van der Waals surface area contributed by atoms with E-state index in [1.54, 1.807) is 48.5 Å². The van der Waals surface area contributed by atoms with E-state index in [0.717, 1.165) is 11.1 Å². The second kappa shape index (κ2) is 9.61. The van der Waals surface area contributed by atoms with Gasteiger partial charge in [0.15, 0.2) is 0 Å². The third-order valence-corrected chi connectivity index (χ3v) is 7.08. The summed E-state index contributed by atoms with van der Waals surface area (Å²) in [6.07, 6.45) is 0. The first kappa shape index (κ1) is 22.8. The van der Waals surface area contributed by atoms with E-state index in [4.69, 9.17) is 10.00 Å². The maximum atomic E-state index is 12.9. The van der Waals surface area contributed by atoms with Crippen molar-refractivity contribution in [3.05, 3.63) is 114 Å². The molecule has 0 heterocycles. The van der Waals surface area contributed by atoms with Crippen LogP contribution in [-0.4, -0.2) is 21.4 Å². The maximum absolute atomic E-state index is 12.9. The largest absolute Gasteiger partial charge is 0.423 e. The van der Waals surface area contributed by atoms with Crippen LogP contribution in [0.5, 0.6) is 5.75 Å². The number of carbonyl (C=O) groups excluding carboxylic acids is 1. The minimum absolute atomic E-state index is 0.0715. The Bertz CT molecular complexity index is 1440. The monoisotopic (exact) mass is 468 g/mol. The Labute approximate surface area is 198 Å². The predicted octanol–water partition coefficient (Wildman–Crippen LogP) is 5.27. The Kier molecular flexibility index (Phi) is 6.44. The number of esters is 1. The van der Waals surface area contributed by atoms with Crippen LogP contribution < -0.4 is 9.04 Å². The topological polar surface area (TPSA) is 87.5 Å². The van der Waals surface area contributed by atoms with E-state index in [1.807, 2.05) is 30.3 Å². The molecule has 0 unspecified atom stereocenters. The van der Waals surface area contributed by atoms with Crippen molar-refractivity contribution in [3.8, 4) is 22.9 Å². The molecule has 0 saturated heterocycles. The second-order valence-electron chi connectivity index (χ2n) is 7.44. The van der Waals surface area contributed by atoms with Crippen LogP contribution in [0.25, 0.3) is 11.1 Å². The molecular formula is C27H20N2O4S. The van der Waals surface area contributed by atoms with Gasteiger partial charge in [0, 0.05) is 7.05 Å². The first-order valence-corrected chi connectivity index (χ1v) is 11.8. The van der Waals surface area contributed by atoms with Gasteiger partial charge in [-0.2, -0.15) is 5.26 Å². The summed E-state index contributed by atoms with van der Waals surface area (Å²) >= 11 is 0. The van der Waals surface area contributed by atoms with Crippen molar-refractivity contribution in [2.75, 3.05) is 11.4 Å². The summed E-state index contributed by atoms with van der Waals surface area (Å²) in [4.78, 5) is 12.6. The normalized spacial score (nSPS) is 10.8. The summed E-state index contributed by atoms with van der Waals surface area (Å²) in [6, 6.07) is 30.6. The van der Waals surface area contributed by atoms with Crippen molar-refractivity contribution in [1.82, 2.24) is 0 Å². The van der Waals surface area contributed by atoms with Crippen LogP contribution in [0.1, 0.15) is 15.9 Å². The van der Waals surface area contributed by atoms with Crippen LogP contribution in [-0.2, 0) is 10.0 Å². The fraction of sp³-hybridized carbons (Fsp3) is 0.0370. The SMILES string of the molecule is CN(c1ccccc1)S(=O)(=O)c1ccc(C(=O)Oc2ccc(-c3ccc(C#N)cc3)cc2)cc1. The molecule has 0 aliphatic heterocycles. The highest BCUT2D eigenvalue weighted by atomic mass is 32.2. The molecule has 4 aromatic rings. The lowest BCUT2D eigenvalue weighted by Gasteiger charge is -2.19. The Hall–Kier alpha value is -4.41. The van der Waals surface area contributed by atoms with Gasteiger partial charge in [-0.25, -0.2) is 13.2 Å². The smallest absolute Gasteiger partial charge is 0.343 e. The molecule has 0 N–H and O–H groups in total. The van der Waals surface area contributed by atoms with Gasteiger partial charge in [0.1, 0.15) is 5.75 Å². The summed E-state index contributed by atoms with van der Waals surface area (Å²) in [5.41, 5.74) is 3.21. The van der Waals surface area contributed by atoms with Gasteiger partial charge in [0.05, 0.1) is 27.8 Å². The molecule has 4 aromatic carbocycles. The Morgan fingerprint density at radius 3 is 1.91 bits per heavy atom. The molecule has 7 heteroatoms. The standard InChI is InChI=1S/C27H20N2O4S/c1-29(24-5-3-2-4-6-24)34(31,32)26-17-13-23(14-18-26)27(30)33-25-15-11-22(12-16-25)21-9-7-20(19-28)8-10-21/h2-18H,1H3. The Morgan fingerprint density at radius 2 is 1.35 bits per heavy atom. The number of hydrogen-bond acceptors (Lipinski definition) is 5. The fourth-order valence-electron chi connectivity index (χ4n) is 3.32. The molecule has 0 radical (unpaired) electrons. The first-order valence-electron chi connectivity index (χ1n) is 10.4. The third kappa shape index (κ3) is 4.82. The number of hydrogen-bond donors (Lipinski definition) is 0. The lowest BCUT2D eigenvalue weighted by Crippen LogP contribution is -2.26. The molecule has 0 aliphatic rings. The Morgan fingerprint density at radius 1 is 0.794 bits per heavy atom. The quantitative estimate of drug-likeness (QED) is 0.284.